The predicted molar refractivity (Wildman–Crippen MR) is 98.6 cm³/mol. The minimum absolute atomic E-state index is 0.00349. The minimum atomic E-state index is -3.98. The van der Waals surface area contributed by atoms with Crippen molar-refractivity contribution in [1.29, 1.82) is 0 Å². The quantitative estimate of drug-likeness (QED) is 0.813. The van der Waals surface area contributed by atoms with Crippen LogP contribution in [0.5, 0.6) is 0 Å². The lowest BCUT2D eigenvalue weighted by Crippen LogP contribution is -2.46. The van der Waals surface area contributed by atoms with E-state index in [1.54, 1.807) is 24.0 Å². The summed E-state index contributed by atoms with van der Waals surface area (Å²) in [5, 5.41) is 0. The fourth-order valence-electron chi connectivity index (χ4n) is 3.63. The summed E-state index contributed by atoms with van der Waals surface area (Å²) in [7, 11) is -3.98. The highest BCUT2D eigenvalue weighted by molar-refractivity contribution is 7.89. The first-order chi connectivity index (χ1) is 12.7. The molecule has 2 heterocycles. The van der Waals surface area contributed by atoms with Gasteiger partial charge in [0.1, 0.15) is 6.17 Å². The maximum atomic E-state index is 13.3. The topological polar surface area (TPSA) is 86.8 Å². The summed E-state index contributed by atoms with van der Waals surface area (Å²) in [5.41, 5.74) is 1.03. The molecule has 27 heavy (non-hydrogen) atoms. The van der Waals surface area contributed by atoms with Crippen molar-refractivity contribution < 1.29 is 22.4 Å². The first kappa shape index (κ1) is 19.8. The number of anilines is 1. The van der Waals surface area contributed by atoms with Crippen LogP contribution in [0.15, 0.2) is 23.1 Å². The van der Waals surface area contributed by atoms with E-state index in [2.05, 4.69) is 4.72 Å². The van der Waals surface area contributed by atoms with Crippen LogP contribution in [-0.2, 0) is 19.6 Å². The molecule has 0 spiro atoms. The number of amides is 2. The van der Waals surface area contributed by atoms with Crippen LogP contribution >= 0.6 is 0 Å². The maximum Gasteiger partial charge on any atom is 0.241 e. The second-order valence-electron chi connectivity index (χ2n) is 7.06. The van der Waals surface area contributed by atoms with Gasteiger partial charge in [0.25, 0.3) is 0 Å². The molecule has 2 aliphatic heterocycles. The second-order valence-corrected chi connectivity index (χ2v) is 8.74. The lowest BCUT2D eigenvalue weighted by atomic mass is 10.2. The first-order valence-corrected chi connectivity index (χ1v) is 10.5. The highest BCUT2D eigenvalue weighted by Crippen LogP contribution is 2.29. The molecule has 2 atom stereocenters. The molecule has 0 aromatic heterocycles. The highest BCUT2D eigenvalue weighted by atomic mass is 32.2. The van der Waals surface area contributed by atoms with Crippen molar-refractivity contribution in [1.82, 2.24) is 9.62 Å². The van der Waals surface area contributed by atoms with Gasteiger partial charge in [0.2, 0.25) is 21.8 Å². The highest BCUT2D eigenvalue weighted by Gasteiger charge is 2.32. The zero-order valence-corrected chi connectivity index (χ0v) is 16.3. The zero-order valence-electron chi connectivity index (χ0n) is 15.4. The first-order valence-electron chi connectivity index (χ1n) is 9.06. The van der Waals surface area contributed by atoms with Gasteiger partial charge < -0.3 is 9.80 Å². The summed E-state index contributed by atoms with van der Waals surface area (Å²) in [5.74, 6) is -0.471. The number of rotatable bonds is 5. The maximum absolute atomic E-state index is 13.3. The lowest BCUT2D eigenvalue weighted by Gasteiger charge is -2.23. The summed E-state index contributed by atoms with van der Waals surface area (Å²) in [6, 6.07) is 3.75. The van der Waals surface area contributed by atoms with Crippen LogP contribution < -0.4 is 9.62 Å². The summed E-state index contributed by atoms with van der Waals surface area (Å²) in [6.07, 6.45) is 0.404. The van der Waals surface area contributed by atoms with Crippen molar-refractivity contribution in [2.45, 2.75) is 50.2 Å². The average molecular weight is 397 g/mol. The molecule has 1 aromatic carbocycles. The molecule has 7 nitrogen and oxygen atoms in total. The molecular formula is C18H24FN3O4S. The molecule has 2 saturated heterocycles. The van der Waals surface area contributed by atoms with Crippen molar-refractivity contribution in [3.05, 3.63) is 23.8 Å². The Labute approximate surface area is 158 Å². The number of hydrogen-bond acceptors (Lipinski definition) is 4. The third-order valence-electron chi connectivity index (χ3n) is 5.05. The van der Waals surface area contributed by atoms with Crippen LogP contribution in [0.1, 0.15) is 31.7 Å². The average Bonchev–Trinajstić information content (AvgIpc) is 3.22. The van der Waals surface area contributed by atoms with Crippen molar-refractivity contribution >= 4 is 27.5 Å². The molecule has 0 bridgehead atoms. The van der Waals surface area contributed by atoms with Gasteiger partial charge in [-0.1, -0.05) is 6.07 Å². The van der Waals surface area contributed by atoms with E-state index < -0.39 is 28.1 Å². The Morgan fingerprint density at radius 3 is 2.67 bits per heavy atom. The lowest BCUT2D eigenvalue weighted by molar-refractivity contribution is -0.131. The van der Waals surface area contributed by atoms with Crippen LogP contribution in [0, 0.1) is 6.92 Å². The van der Waals surface area contributed by atoms with Crippen molar-refractivity contribution in [2.24, 2.45) is 0 Å². The van der Waals surface area contributed by atoms with E-state index in [1.165, 1.54) is 17.9 Å². The van der Waals surface area contributed by atoms with Crippen LogP contribution in [0.4, 0.5) is 10.1 Å². The van der Waals surface area contributed by atoms with Crippen LogP contribution in [0.25, 0.3) is 0 Å². The number of carbonyl (C=O) groups excluding carboxylic acids is 2. The summed E-state index contributed by atoms with van der Waals surface area (Å²) < 4.78 is 41.4. The van der Waals surface area contributed by atoms with Crippen LogP contribution in [0.2, 0.25) is 0 Å². The van der Waals surface area contributed by atoms with Gasteiger partial charge in [0, 0.05) is 25.2 Å². The van der Waals surface area contributed by atoms with E-state index in [4.69, 9.17) is 0 Å². The summed E-state index contributed by atoms with van der Waals surface area (Å²) in [6.45, 7) is 3.95. The Hall–Kier alpha value is -2.00. The fourth-order valence-corrected chi connectivity index (χ4v) is 5.09. The standard InChI is InChI=1S/C18H24FN3O4S/c1-12-15(22-9-4-7-17(22)23)5-3-6-16(12)27(25,26)20-13(2)18(24)21-10-8-14(19)11-21/h3,5-6,13-14,20H,4,7-11H2,1-2H3/t13-,14-/m0/s1. The number of hydrogen-bond donors (Lipinski definition) is 1. The SMILES string of the molecule is Cc1c(N2CCCC2=O)cccc1S(=O)(=O)N[C@@H](C)C(=O)N1CC[C@H](F)C1. The molecule has 2 aliphatic rings. The summed E-state index contributed by atoms with van der Waals surface area (Å²) in [4.78, 5) is 27.4. The van der Waals surface area contributed by atoms with Crippen LogP contribution in [-0.4, -0.2) is 57.0 Å². The van der Waals surface area contributed by atoms with Gasteiger partial charge in [-0.2, -0.15) is 4.72 Å². The third kappa shape index (κ3) is 3.98. The number of nitrogens with one attached hydrogen (secondary N) is 1. The minimum Gasteiger partial charge on any atom is -0.338 e. The fraction of sp³-hybridized carbons (Fsp3) is 0.556. The number of halogens is 1. The Bertz CT molecular complexity index is 858. The van der Waals surface area contributed by atoms with Crippen molar-refractivity contribution in [3.8, 4) is 0 Å². The predicted octanol–water partition coefficient (Wildman–Crippen LogP) is 1.36. The Morgan fingerprint density at radius 1 is 1.33 bits per heavy atom. The molecule has 9 heteroatoms. The molecule has 0 radical (unpaired) electrons. The largest absolute Gasteiger partial charge is 0.338 e. The molecule has 0 unspecified atom stereocenters. The normalized spacial score (nSPS) is 21.7. The number of sulfonamides is 1. The second kappa shape index (κ2) is 7.55. The summed E-state index contributed by atoms with van der Waals surface area (Å²) >= 11 is 0. The molecule has 2 fully saturated rings. The zero-order chi connectivity index (χ0) is 19.8. The molecular weight excluding hydrogens is 373 g/mol. The smallest absolute Gasteiger partial charge is 0.241 e. The molecule has 0 saturated carbocycles. The van der Waals surface area contributed by atoms with Gasteiger partial charge >= 0.3 is 0 Å². The number of benzene rings is 1. The van der Waals surface area contributed by atoms with E-state index >= 15 is 0 Å². The van der Waals surface area contributed by atoms with Crippen LogP contribution in [0.3, 0.4) is 0 Å². The Kier molecular flexibility index (Phi) is 5.53. The molecule has 148 valence electrons. The molecule has 2 amide bonds. The number of likely N-dealkylation sites (tertiary alicyclic amines) is 1. The number of carbonyl (C=O) groups is 2. The van der Waals surface area contributed by atoms with Crippen molar-refractivity contribution in [3.63, 3.8) is 0 Å². The molecule has 1 N–H and O–H groups in total. The monoisotopic (exact) mass is 397 g/mol. The van der Waals surface area contributed by atoms with Gasteiger partial charge in [-0.05, 0) is 44.4 Å². The van der Waals surface area contributed by atoms with Gasteiger partial charge in [0.05, 0.1) is 17.5 Å². The molecule has 0 aliphatic carbocycles. The Balaban J connectivity index is 1.80. The van der Waals surface area contributed by atoms with E-state index in [-0.39, 0.29) is 30.3 Å². The van der Waals surface area contributed by atoms with E-state index in [0.29, 0.717) is 24.2 Å². The van der Waals surface area contributed by atoms with Gasteiger partial charge in [-0.25, -0.2) is 12.8 Å². The van der Waals surface area contributed by atoms with Gasteiger partial charge in [-0.15, -0.1) is 0 Å². The Morgan fingerprint density at radius 2 is 2.07 bits per heavy atom. The third-order valence-corrected chi connectivity index (χ3v) is 6.74. The number of alkyl halides is 1. The van der Waals surface area contributed by atoms with E-state index in [1.807, 2.05) is 0 Å². The van der Waals surface area contributed by atoms with E-state index in [9.17, 15) is 22.4 Å². The van der Waals surface area contributed by atoms with E-state index in [0.717, 1.165) is 6.42 Å². The van der Waals surface area contributed by atoms with Crippen molar-refractivity contribution in [2.75, 3.05) is 24.5 Å². The molecule has 1 aromatic rings. The number of nitrogens with zero attached hydrogens (tertiary/aromatic N) is 2. The van der Waals surface area contributed by atoms with Gasteiger partial charge in [0.15, 0.2) is 0 Å². The molecule has 3 rings (SSSR count). The van der Waals surface area contributed by atoms with Gasteiger partial charge in [-0.3, -0.25) is 9.59 Å².